The Kier molecular flexibility index (Phi) is 6.23. The lowest BCUT2D eigenvalue weighted by molar-refractivity contribution is -0.126. The van der Waals surface area contributed by atoms with Gasteiger partial charge in [0.1, 0.15) is 11.3 Å². The number of nitrogens with one attached hydrogen (secondary N) is 1. The molecule has 5 heteroatoms. The molecular weight excluding hydrogens is 412 g/mol. The fourth-order valence-corrected chi connectivity index (χ4v) is 4.43. The van der Waals surface area contributed by atoms with E-state index in [9.17, 15) is 9.59 Å². The van der Waals surface area contributed by atoms with Crippen LogP contribution in [0.2, 0.25) is 0 Å². The molecule has 5 nitrogen and oxygen atoms in total. The second-order valence-electron chi connectivity index (χ2n) is 9.03. The van der Waals surface area contributed by atoms with Crippen molar-refractivity contribution >= 4 is 17.5 Å². The zero-order chi connectivity index (χ0) is 23.6. The summed E-state index contributed by atoms with van der Waals surface area (Å²) in [6.07, 6.45) is 0.435. The number of anilines is 1. The van der Waals surface area contributed by atoms with Gasteiger partial charge >= 0.3 is 0 Å². The van der Waals surface area contributed by atoms with Crippen molar-refractivity contribution in [2.75, 3.05) is 12.0 Å². The Hall–Kier alpha value is -3.60. The first-order valence-electron chi connectivity index (χ1n) is 11.3. The van der Waals surface area contributed by atoms with E-state index in [1.807, 2.05) is 79.7 Å². The molecule has 1 unspecified atom stereocenters. The van der Waals surface area contributed by atoms with Gasteiger partial charge in [-0.1, -0.05) is 56.3 Å². The minimum absolute atomic E-state index is 0.159. The van der Waals surface area contributed by atoms with E-state index >= 15 is 0 Å². The number of amides is 2. The Balaban J connectivity index is 1.68. The summed E-state index contributed by atoms with van der Waals surface area (Å²) < 4.78 is 5.29. The molecule has 3 aromatic carbocycles. The summed E-state index contributed by atoms with van der Waals surface area (Å²) in [4.78, 5) is 28.9. The largest absolute Gasteiger partial charge is 0.497 e. The number of methoxy groups -OCH3 is 1. The summed E-state index contributed by atoms with van der Waals surface area (Å²) in [7, 11) is 1.62. The maximum atomic E-state index is 13.6. The van der Waals surface area contributed by atoms with Crippen LogP contribution in [0.3, 0.4) is 0 Å². The van der Waals surface area contributed by atoms with Crippen molar-refractivity contribution < 1.29 is 14.3 Å². The lowest BCUT2D eigenvalue weighted by Crippen LogP contribution is -2.63. The zero-order valence-electron chi connectivity index (χ0n) is 19.6. The molecule has 0 spiro atoms. The van der Waals surface area contributed by atoms with E-state index in [1.165, 1.54) is 5.56 Å². The van der Waals surface area contributed by atoms with E-state index in [0.717, 1.165) is 22.6 Å². The molecule has 0 saturated carbocycles. The van der Waals surface area contributed by atoms with Crippen molar-refractivity contribution in [1.82, 2.24) is 5.32 Å². The highest BCUT2D eigenvalue weighted by molar-refractivity contribution is 6.14. The number of hydrogen-bond acceptors (Lipinski definition) is 3. The van der Waals surface area contributed by atoms with Gasteiger partial charge in [0, 0.05) is 24.2 Å². The Morgan fingerprint density at radius 3 is 2.48 bits per heavy atom. The van der Waals surface area contributed by atoms with Crippen molar-refractivity contribution in [2.24, 2.45) is 0 Å². The number of hydrogen-bond donors (Lipinski definition) is 1. The van der Waals surface area contributed by atoms with Crippen LogP contribution in [-0.4, -0.2) is 24.5 Å². The van der Waals surface area contributed by atoms with E-state index in [-0.39, 0.29) is 11.8 Å². The smallest absolute Gasteiger partial charge is 0.259 e. The SMILES string of the molecule is COc1cccc(CNC(=O)C2(C)Cc3ccccc3C(=O)N2c2ccc(C(C)C)cc2)c1. The van der Waals surface area contributed by atoms with Crippen molar-refractivity contribution in [3.05, 3.63) is 95.1 Å². The van der Waals surface area contributed by atoms with Gasteiger partial charge in [0.2, 0.25) is 5.91 Å². The van der Waals surface area contributed by atoms with Gasteiger partial charge in [0.15, 0.2) is 0 Å². The summed E-state index contributed by atoms with van der Waals surface area (Å²) in [5, 5.41) is 3.05. The van der Waals surface area contributed by atoms with Crippen LogP contribution in [0, 0.1) is 0 Å². The van der Waals surface area contributed by atoms with E-state index in [0.29, 0.717) is 24.4 Å². The Morgan fingerprint density at radius 1 is 1.06 bits per heavy atom. The predicted octanol–water partition coefficient (Wildman–Crippen LogP) is 5.10. The third kappa shape index (κ3) is 4.36. The lowest BCUT2D eigenvalue weighted by atomic mass is 9.82. The maximum absolute atomic E-state index is 13.6. The third-order valence-corrected chi connectivity index (χ3v) is 6.37. The molecule has 1 aliphatic rings. The topological polar surface area (TPSA) is 58.6 Å². The molecule has 33 heavy (non-hydrogen) atoms. The second-order valence-corrected chi connectivity index (χ2v) is 9.03. The van der Waals surface area contributed by atoms with Crippen LogP contribution in [0.1, 0.15) is 53.7 Å². The highest BCUT2D eigenvalue weighted by Gasteiger charge is 2.47. The quantitative estimate of drug-likeness (QED) is 0.578. The molecule has 1 atom stereocenters. The maximum Gasteiger partial charge on any atom is 0.259 e. The monoisotopic (exact) mass is 442 g/mol. The minimum Gasteiger partial charge on any atom is -0.497 e. The summed E-state index contributed by atoms with van der Waals surface area (Å²) in [6.45, 7) is 6.46. The molecule has 4 rings (SSSR count). The number of carbonyl (C=O) groups is 2. The van der Waals surface area contributed by atoms with Crippen LogP contribution in [0.4, 0.5) is 5.69 Å². The molecule has 1 N–H and O–H groups in total. The van der Waals surface area contributed by atoms with E-state index < -0.39 is 5.54 Å². The number of carbonyl (C=O) groups excluding carboxylic acids is 2. The average Bonchev–Trinajstić information content (AvgIpc) is 2.83. The first-order chi connectivity index (χ1) is 15.8. The molecule has 1 heterocycles. The summed E-state index contributed by atoms with van der Waals surface area (Å²) in [5.74, 6) is 0.769. The predicted molar refractivity (Wildman–Crippen MR) is 131 cm³/mol. The van der Waals surface area contributed by atoms with Gasteiger partial charge in [0.05, 0.1) is 7.11 Å². The molecule has 0 fully saturated rings. The number of rotatable bonds is 6. The Morgan fingerprint density at radius 2 is 1.79 bits per heavy atom. The number of benzene rings is 3. The first-order valence-corrected chi connectivity index (χ1v) is 11.3. The van der Waals surface area contributed by atoms with Crippen LogP contribution >= 0.6 is 0 Å². The Labute approximate surface area is 195 Å². The van der Waals surface area contributed by atoms with Gasteiger partial charge in [-0.15, -0.1) is 0 Å². The van der Waals surface area contributed by atoms with E-state index in [4.69, 9.17) is 4.74 Å². The fourth-order valence-electron chi connectivity index (χ4n) is 4.43. The standard InChI is InChI=1S/C28H30N2O3/c1-19(2)21-12-14-23(15-13-21)30-26(31)25-11-6-5-9-22(25)17-28(30,3)27(32)29-18-20-8-7-10-24(16-20)33-4/h5-16,19H,17-18H2,1-4H3,(H,29,32). The highest BCUT2D eigenvalue weighted by Crippen LogP contribution is 2.36. The number of fused-ring (bicyclic) bond motifs is 1. The molecule has 3 aromatic rings. The van der Waals surface area contributed by atoms with Crippen LogP contribution < -0.4 is 15.0 Å². The van der Waals surface area contributed by atoms with Crippen LogP contribution in [0.5, 0.6) is 5.75 Å². The average molecular weight is 443 g/mol. The van der Waals surface area contributed by atoms with Gasteiger partial charge < -0.3 is 10.1 Å². The summed E-state index contributed by atoms with van der Waals surface area (Å²) in [6, 6.07) is 23.1. The van der Waals surface area contributed by atoms with E-state index in [2.05, 4.69) is 19.2 Å². The van der Waals surface area contributed by atoms with Crippen molar-refractivity contribution in [3.63, 3.8) is 0 Å². The first kappa shape index (κ1) is 22.6. The molecule has 0 bridgehead atoms. The van der Waals surface area contributed by atoms with Crippen molar-refractivity contribution in [3.8, 4) is 5.75 Å². The molecule has 0 saturated heterocycles. The molecule has 0 aliphatic carbocycles. The van der Waals surface area contributed by atoms with Gasteiger partial charge in [0.25, 0.3) is 5.91 Å². The normalized spacial score (nSPS) is 17.6. The highest BCUT2D eigenvalue weighted by atomic mass is 16.5. The van der Waals surface area contributed by atoms with Gasteiger partial charge in [-0.3, -0.25) is 14.5 Å². The van der Waals surface area contributed by atoms with Crippen molar-refractivity contribution in [2.45, 2.75) is 45.2 Å². The van der Waals surface area contributed by atoms with Crippen LogP contribution in [0.15, 0.2) is 72.8 Å². The van der Waals surface area contributed by atoms with Crippen molar-refractivity contribution in [1.29, 1.82) is 0 Å². The summed E-state index contributed by atoms with van der Waals surface area (Å²) in [5.41, 5.74) is 3.30. The minimum atomic E-state index is -1.07. The van der Waals surface area contributed by atoms with E-state index in [1.54, 1.807) is 12.0 Å². The molecule has 0 aromatic heterocycles. The zero-order valence-corrected chi connectivity index (χ0v) is 19.6. The van der Waals surface area contributed by atoms with Crippen LogP contribution in [-0.2, 0) is 17.8 Å². The lowest BCUT2D eigenvalue weighted by Gasteiger charge is -2.44. The fraction of sp³-hybridized carbons (Fsp3) is 0.286. The molecule has 1 aliphatic heterocycles. The number of nitrogens with zero attached hydrogens (tertiary/aromatic N) is 1. The second kappa shape index (κ2) is 9.10. The third-order valence-electron chi connectivity index (χ3n) is 6.37. The number of ether oxygens (including phenoxy) is 1. The summed E-state index contributed by atoms with van der Waals surface area (Å²) >= 11 is 0. The molecule has 2 amide bonds. The molecular formula is C28H30N2O3. The Bertz CT molecular complexity index is 1170. The molecule has 0 radical (unpaired) electrons. The van der Waals surface area contributed by atoms with Crippen LogP contribution in [0.25, 0.3) is 0 Å². The van der Waals surface area contributed by atoms with Gasteiger partial charge in [-0.2, -0.15) is 0 Å². The van der Waals surface area contributed by atoms with Gasteiger partial charge in [-0.05, 0) is 59.9 Å². The van der Waals surface area contributed by atoms with Gasteiger partial charge in [-0.25, -0.2) is 0 Å². The molecule has 170 valence electrons.